The maximum Gasteiger partial charge on any atom is 0.408 e. The summed E-state index contributed by atoms with van der Waals surface area (Å²) in [6.07, 6.45) is -4.32. The van der Waals surface area contributed by atoms with Gasteiger partial charge in [0, 0.05) is 25.7 Å². The van der Waals surface area contributed by atoms with Crippen LogP contribution >= 0.6 is 0 Å². The van der Waals surface area contributed by atoms with Gasteiger partial charge in [0.15, 0.2) is 5.82 Å². The Kier molecular flexibility index (Phi) is 8.32. The smallest absolute Gasteiger partial charge is 0.408 e. The van der Waals surface area contributed by atoms with E-state index in [2.05, 4.69) is 25.8 Å². The number of alkyl halides is 4. The number of nitrogens with one attached hydrogen (secondary N) is 4. The summed E-state index contributed by atoms with van der Waals surface area (Å²) in [6.45, 7) is 11.6. The number of hydrazine groups is 1. The molecule has 38 heavy (non-hydrogen) atoms. The van der Waals surface area contributed by atoms with Crippen molar-refractivity contribution in [3.8, 4) is 0 Å². The van der Waals surface area contributed by atoms with E-state index in [4.69, 9.17) is 15.3 Å². The molecular weight excluding hydrogens is 518 g/mol. The zero-order valence-electron chi connectivity index (χ0n) is 22.4. The van der Waals surface area contributed by atoms with Crippen LogP contribution in [0.25, 0.3) is 0 Å². The second-order valence-corrected chi connectivity index (χ2v) is 11.6. The van der Waals surface area contributed by atoms with Crippen molar-refractivity contribution in [1.82, 2.24) is 31.2 Å². The molecule has 2 fully saturated rings. The van der Waals surface area contributed by atoms with E-state index in [0.717, 1.165) is 0 Å². The first-order chi connectivity index (χ1) is 17.0. The third kappa shape index (κ3) is 8.16. The zero-order valence-corrected chi connectivity index (χ0v) is 22.4. The van der Waals surface area contributed by atoms with E-state index in [1.807, 2.05) is 0 Å². The highest BCUT2D eigenvalue weighted by atomic mass is 19.3. The van der Waals surface area contributed by atoms with Crippen LogP contribution in [0.3, 0.4) is 0 Å². The van der Waals surface area contributed by atoms with E-state index in [9.17, 15) is 31.9 Å². The van der Waals surface area contributed by atoms with Crippen LogP contribution in [0.1, 0.15) is 78.9 Å². The molecule has 0 radical (unpaired) electrons. The molecule has 2 aliphatic carbocycles. The van der Waals surface area contributed by atoms with Crippen LogP contribution in [-0.4, -0.2) is 61.9 Å². The van der Waals surface area contributed by atoms with Crippen LogP contribution in [0, 0.1) is 6.92 Å². The fraction of sp³-hybridized carbons (Fsp3) is 0.773. The predicted octanol–water partition coefficient (Wildman–Crippen LogP) is 2.93. The molecule has 16 heteroatoms. The normalized spacial score (nSPS) is 20.3. The number of halogens is 4. The largest absolute Gasteiger partial charge is 0.444 e. The number of ether oxygens (including phenoxy) is 2. The van der Waals surface area contributed by atoms with Crippen LogP contribution in [0.5, 0.6) is 0 Å². The number of carbonyl (C=O) groups is 3. The predicted molar refractivity (Wildman–Crippen MR) is 125 cm³/mol. The van der Waals surface area contributed by atoms with Gasteiger partial charge < -0.3 is 20.1 Å². The van der Waals surface area contributed by atoms with Crippen molar-refractivity contribution in [3.05, 3.63) is 11.6 Å². The second kappa shape index (κ2) is 10.2. The number of aromatic amines is 1. The summed E-state index contributed by atoms with van der Waals surface area (Å²) in [5.74, 6) is -1.09. The molecule has 2 saturated carbocycles. The lowest BCUT2D eigenvalue weighted by molar-refractivity contribution is -0.161. The van der Waals surface area contributed by atoms with Crippen molar-refractivity contribution in [2.24, 2.45) is 5.84 Å². The molecule has 3 amide bonds. The molecule has 0 aromatic carbocycles. The minimum Gasteiger partial charge on any atom is -0.444 e. The van der Waals surface area contributed by atoms with Crippen molar-refractivity contribution < 1.29 is 41.4 Å². The van der Waals surface area contributed by atoms with E-state index in [1.165, 1.54) is 0 Å². The number of hydrogen-bond acceptors (Lipinski definition) is 8. The summed E-state index contributed by atoms with van der Waals surface area (Å²) < 4.78 is 62.3. The summed E-state index contributed by atoms with van der Waals surface area (Å²) in [4.78, 5) is 38.8. The minimum absolute atomic E-state index is 0.159. The Morgan fingerprint density at radius 2 is 1.32 bits per heavy atom. The summed E-state index contributed by atoms with van der Waals surface area (Å²) in [5.41, 5.74) is -2.67. The van der Waals surface area contributed by atoms with E-state index in [0.29, 0.717) is 5.82 Å². The highest BCUT2D eigenvalue weighted by molar-refractivity contribution is 5.91. The minimum atomic E-state index is -2.98. The van der Waals surface area contributed by atoms with E-state index in [-0.39, 0.29) is 5.82 Å². The molecule has 0 spiro atoms. The van der Waals surface area contributed by atoms with Gasteiger partial charge in [-0.05, 0) is 48.5 Å². The van der Waals surface area contributed by atoms with Gasteiger partial charge >= 0.3 is 12.2 Å². The van der Waals surface area contributed by atoms with Gasteiger partial charge in [-0.2, -0.15) is 5.10 Å². The molecular formula is C22H35F4N7O5. The van der Waals surface area contributed by atoms with E-state index < -0.39 is 77.9 Å². The van der Waals surface area contributed by atoms with Crippen LogP contribution < -0.4 is 21.9 Å². The van der Waals surface area contributed by atoms with Gasteiger partial charge in [-0.25, -0.2) is 38.0 Å². The lowest BCUT2D eigenvalue weighted by Crippen LogP contribution is -2.70. The molecule has 0 aliphatic heterocycles. The van der Waals surface area contributed by atoms with Crippen molar-refractivity contribution >= 4 is 18.1 Å². The van der Waals surface area contributed by atoms with Gasteiger partial charge in [-0.3, -0.25) is 15.3 Å². The first-order valence-corrected chi connectivity index (χ1v) is 11.7. The third-order valence-electron chi connectivity index (χ3n) is 5.31. The highest BCUT2D eigenvalue weighted by Gasteiger charge is 2.62. The van der Waals surface area contributed by atoms with Gasteiger partial charge in [0.25, 0.3) is 17.8 Å². The number of nitrogens with zero attached hydrogens (tertiary/aromatic N) is 2. The number of aryl methyl sites for hydroxylation is 1. The lowest BCUT2D eigenvalue weighted by Gasteiger charge is -2.45. The number of hydrogen-bond donors (Lipinski definition) is 5. The summed E-state index contributed by atoms with van der Waals surface area (Å²) in [7, 11) is 0. The van der Waals surface area contributed by atoms with Crippen LogP contribution in [0.2, 0.25) is 0 Å². The molecule has 0 bridgehead atoms. The first-order valence-electron chi connectivity index (χ1n) is 11.7. The maximum absolute atomic E-state index is 13.3. The first kappa shape index (κ1) is 31.1. The summed E-state index contributed by atoms with van der Waals surface area (Å²) in [5, 5.41) is 11.1. The third-order valence-corrected chi connectivity index (χ3v) is 5.31. The molecule has 12 nitrogen and oxygen atoms in total. The fourth-order valence-electron chi connectivity index (χ4n) is 3.96. The molecule has 0 unspecified atom stereocenters. The Balaban J connectivity index is 0.000000269. The van der Waals surface area contributed by atoms with Gasteiger partial charge in [-0.15, -0.1) is 0 Å². The SMILES string of the molecule is CC(C)(C)OC(=O)NC1(C(=O)NN)CC(F)(F)C1.Cc1nc(C2(NC(=O)OC(C)(C)C)CC(F)(F)C2)n[nH]1. The second-order valence-electron chi connectivity index (χ2n) is 11.6. The number of alkyl carbamates (subject to hydrolysis) is 2. The van der Waals surface area contributed by atoms with Gasteiger partial charge in [-0.1, -0.05) is 0 Å². The molecule has 0 saturated heterocycles. The molecule has 0 atom stereocenters. The van der Waals surface area contributed by atoms with Crippen LogP contribution in [0.4, 0.5) is 27.2 Å². The molecule has 1 aromatic heterocycles. The summed E-state index contributed by atoms with van der Waals surface area (Å²) in [6, 6.07) is 0. The highest BCUT2D eigenvalue weighted by Crippen LogP contribution is 2.50. The maximum atomic E-state index is 13.3. The van der Waals surface area contributed by atoms with Crippen LogP contribution in [0.15, 0.2) is 0 Å². The topological polar surface area (TPSA) is 173 Å². The Bertz CT molecular complexity index is 1030. The lowest BCUT2D eigenvalue weighted by atomic mass is 9.73. The average Bonchev–Trinajstić information content (AvgIpc) is 3.08. The Morgan fingerprint density at radius 1 is 0.868 bits per heavy atom. The van der Waals surface area contributed by atoms with E-state index >= 15 is 0 Å². The molecule has 6 N–H and O–H groups in total. The standard InChI is InChI=1S/C12H18F2N4O2.C10H17F2N3O3/c1-7-15-8(18-17-7)11(5-12(13,14)6-11)16-9(19)20-10(2,3)4;1-8(2,3)18-7(17)14-9(6(16)15-13)4-10(11,12)5-9/h5-6H2,1-4H3,(H,16,19)(H,15,17,18);4-5,13H2,1-3H3,(H,14,17)(H,15,16). The van der Waals surface area contributed by atoms with Crippen molar-refractivity contribution in [3.63, 3.8) is 0 Å². The molecule has 3 rings (SSSR count). The summed E-state index contributed by atoms with van der Waals surface area (Å²) >= 11 is 0. The number of H-pyrrole nitrogens is 1. The molecule has 1 aromatic rings. The molecule has 2 aliphatic rings. The van der Waals surface area contributed by atoms with Gasteiger partial charge in [0.05, 0.1) is 0 Å². The van der Waals surface area contributed by atoms with Crippen molar-refractivity contribution in [2.45, 2.75) is 108 Å². The van der Waals surface area contributed by atoms with Crippen molar-refractivity contribution in [1.29, 1.82) is 0 Å². The van der Waals surface area contributed by atoms with Gasteiger partial charge in [0.2, 0.25) is 0 Å². The Morgan fingerprint density at radius 3 is 1.66 bits per heavy atom. The number of aromatic nitrogens is 3. The number of nitrogens with two attached hydrogens (primary N) is 1. The zero-order chi connectivity index (χ0) is 29.4. The number of carbonyl (C=O) groups excluding carboxylic acids is 3. The Labute approximate surface area is 217 Å². The monoisotopic (exact) mass is 553 g/mol. The molecule has 216 valence electrons. The van der Waals surface area contributed by atoms with E-state index in [1.54, 1.807) is 53.9 Å². The van der Waals surface area contributed by atoms with Gasteiger partial charge in [0.1, 0.15) is 28.1 Å². The molecule has 1 heterocycles. The Hall–Kier alpha value is -3.17. The van der Waals surface area contributed by atoms with Crippen LogP contribution in [-0.2, 0) is 19.8 Å². The fourth-order valence-corrected chi connectivity index (χ4v) is 3.96. The van der Waals surface area contributed by atoms with Crippen molar-refractivity contribution in [2.75, 3.05) is 0 Å². The number of amides is 3. The quantitative estimate of drug-likeness (QED) is 0.164. The average molecular weight is 554 g/mol. The number of rotatable bonds is 4.